The lowest BCUT2D eigenvalue weighted by Crippen LogP contribution is -2.02. The first-order chi connectivity index (χ1) is 8.74. The molecule has 0 saturated carbocycles. The number of pyridine rings is 1. The second kappa shape index (κ2) is 4.00. The molecule has 88 valence electrons. The molecule has 0 unspecified atom stereocenters. The fourth-order valence-electron chi connectivity index (χ4n) is 1.87. The summed E-state index contributed by atoms with van der Waals surface area (Å²) in [6.07, 6.45) is 3.27. The number of hydrogen-bond donors (Lipinski definition) is 1. The molecule has 0 aliphatic heterocycles. The smallest absolute Gasteiger partial charge is 0.344 e. The van der Waals surface area contributed by atoms with Crippen molar-refractivity contribution in [3.63, 3.8) is 0 Å². The number of benzene rings is 1. The molecule has 1 aromatic carbocycles. The minimum atomic E-state index is -0.363. The minimum absolute atomic E-state index is 0.363. The first-order valence-electron chi connectivity index (χ1n) is 5.48. The molecule has 18 heavy (non-hydrogen) atoms. The fourth-order valence-corrected chi connectivity index (χ4v) is 1.87. The molecule has 0 aliphatic rings. The summed E-state index contributed by atoms with van der Waals surface area (Å²) in [7, 11) is 0. The Kier molecular flexibility index (Phi) is 2.34. The summed E-state index contributed by atoms with van der Waals surface area (Å²) in [5, 5.41) is 0.807. The van der Waals surface area contributed by atoms with Gasteiger partial charge in [-0.05, 0) is 42.0 Å². The second-order valence-electron chi connectivity index (χ2n) is 3.98. The zero-order valence-corrected chi connectivity index (χ0v) is 9.46. The van der Waals surface area contributed by atoms with Crippen LogP contribution in [0.1, 0.15) is 0 Å². The average molecular weight is 238 g/mol. The van der Waals surface area contributed by atoms with Crippen LogP contribution in [0.2, 0.25) is 0 Å². The third-order valence-corrected chi connectivity index (χ3v) is 2.75. The lowest BCUT2D eigenvalue weighted by atomic mass is 10.1. The van der Waals surface area contributed by atoms with E-state index in [2.05, 4.69) is 4.98 Å². The van der Waals surface area contributed by atoms with Crippen LogP contribution in [0.4, 0.5) is 5.69 Å². The van der Waals surface area contributed by atoms with Crippen LogP contribution in [0.25, 0.3) is 22.1 Å². The number of anilines is 1. The van der Waals surface area contributed by atoms with Crippen LogP contribution in [0.15, 0.2) is 58.0 Å². The number of fused-ring (bicyclic) bond motifs is 1. The van der Waals surface area contributed by atoms with Gasteiger partial charge in [-0.2, -0.15) is 0 Å². The Hall–Kier alpha value is -2.62. The van der Waals surface area contributed by atoms with Gasteiger partial charge in [-0.15, -0.1) is 0 Å². The summed E-state index contributed by atoms with van der Waals surface area (Å²) in [4.78, 5) is 15.8. The Morgan fingerprint density at radius 2 is 1.83 bits per heavy atom. The Balaban J connectivity index is 2.31. The summed E-state index contributed by atoms with van der Waals surface area (Å²) in [6.45, 7) is 0. The number of rotatable bonds is 1. The third-order valence-electron chi connectivity index (χ3n) is 2.75. The van der Waals surface area contributed by atoms with E-state index >= 15 is 0 Å². The van der Waals surface area contributed by atoms with Crippen molar-refractivity contribution >= 4 is 16.7 Å². The molecule has 0 atom stereocenters. The van der Waals surface area contributed by atoms with Gasteiger partial charge >= 0.3 is 5.63 Å². The van der Waals surface area contributed by atoms with Crippen molar-refractivity contribution in [2.45, 2.75) is 0 Å². The summed E-state index contributed by atoms with van der Waals surface area (Å²) in [5.74, 6) is 0. The first-order valence-corrected chi connectivity index (χ1v) is 5.48. The molecule has 0 radical (unpaired) electrons. The highest BCUT2D eigenvalue weighted by Gasteiger charge is 2.07. The van der Waals surface area contributed by atoms with Crippen LogP contribution in [0, 0.1) is 0 Å². The molecule has 0 aliphatic carbocycles. The van der Waals surface area contributed by atoms with Crippen LogP contribution in [-0.2, 0) is 0 Å². The Labute approximate surface area is 103 Å². The van der Waals surface area contributed by atoms with E-state index < -0.39 is 0 Å². The van der Waals surface area contributed by atoms with Gasteiger partial charge in [0.25, 0.3) is 0 Å². The van der Waals surface area contributed by atoms with Gasteiger partial charge in [-0.25, -0.2) is 4.79 Å². The van der Waals surface area contributed by atoms with Gasteiger partial charge in [0.2, 0.25) is 0 Å². The molecule has 2 aromatic heterocycles. The Morgan fingerprint density at radius 1 is 1.06 bits per heavy atom. The molecule has 4 heteroatoms. The summed E-state index contributed by atoms with van der Waals surface area (Å²) < 4.78 is 5.27. The van der Waals surface area contributed by atoms with E-state index in [1.165, 1.54) is 0 Å². The van der Waals surface area contributed by atoms with Gasteiger partial charge in [0, 0.05) is 23.5 Å². The van der Waals surface area contributed by atoms with Gasteiger partial charge in [-0.1, -0.05) is 0 Å². The lowest BCUT2D eigenvalue weighted by Gasteiger charge is -2.02. The SMILES string of the molecule is Nc1ccc2oc(=O)c(-c3ccncc3)cc2c1. The van der Waals surface area contributed by atoms with Crippen molar-refractivity contribution in [1.82, 2.24) is 4.98 Å². The zero-order chi connectivity index (χ0) is 12.5. The van der Waals surface area contributed by atoms with Crippen molar-refractivity contribution in [1.29, 1.82) is 0 Å². The molecule has 3 aromatic rings. The van der Waals surface area contributed by atoms with Crippen molar-refractivity contribution in [3.8, 4) is 11.1 Å². The standard InChI is InChI=1S/C14H10N2O2/c15-11-1-2-13-10(7-11)8-12(14(17)18-13)9-3-5-16-6-4-9/h1-8H,15H2. The predicted octanol–water partition coefficient (Wildman–Crippen LogP) is 2.44. The van der Waals surface area contributed by atoms with Gasteiger partial charge in [0.1, 0.15) is 5.58 Å². The molecule has 0 saturated heterocycles. The van der Waals surface area contributed by atoms with Crippen LogP contribution in [0.5, 0.6) is 0 Å². The molecule has 4 nitrogen and oxygen atoms in total. The van der Waals surface area contributed by atoms with Crippen molar-refractivity contribution in [2.75, 3.05) is 5.73 Å². The van der Waals surface area contributed by atoms with E-state index in [0.29, 0.717) is 16.8 Å². The Morgan fingerprint density at radius 3 is 2.61 bits per heavy atom. The van der Waals surface area contributed by atoms with Crippen molar-refractivity contribution < 1.29 is 4.42 Å². The second-order valence-corrected chi connectivity index (χ2v) is 3.98. The predicted molar refractivity (Wildman–Crippen MR) is 70.1 cm³/mol. The van der Waals surface area contributed by atoms with Gasteiger partial charge in [0.05, 0.1) is 5.56 Å². The van der Waals surface area contributed by atoms with Gasteiger partial charge in [0.15, 0.2) is 0 Å². The number of hydrogen-bond acceptors (Lipinski definition) is 4. The largest absolute Gasteiger partial charge is 0.422 e. The molecule has 2 heterocycles. The monoisotopic (exact) mass is 238 g/mol. The number of nitrogen functional groups attached to an aromatic ring is 1. The zero-order valence-electron chi connectivity index (χ0n) is 9.46. The number of nitrogens with zero attached hydrogens (tertiary/aromatic N) is 1. The number of nitrogens with two attached hydrogens (primary N) is 1. The lowest BCUT2D eigenvalue weighted by molar-refractivity contribution is 0.563. The minimum Gasteiger partial charge on any atom is -0.422 e. The fraction of sp³-hybridized carbons (Fsp3) is 0. The topological polar surface area (TPSA) is 69.1 Å². The summed E-state index contributed by atoms with van der Waals surface area (Å²) >= 11 is 0. The molecule has 3 rings (SSSR count). The van der Waals surface area contributed by atoms with E-state index in [0.717, 1.165) is 10.9 Å². The molecule has 0 spiro atoms. The van der Waals surface area contributed by atoms with Crippen molar-refractivity contribution in [2.24, 2.45) is 0 Å². The summed E-state index contributed by atoms with van der Waals surface area (Å²) in [5.41, 5.74) is 7.82. The van der Waals surface area contributed by atoms with E-state index in [9.17, 15) is 4.79 Å². The molecular weight excluding hydrogens is 228 g/mol. The van der Waals surface area contributed by atoms with Crippen molar-refractivity contribution in [3.05, 3.63) is 59.2 Å². The molecular formula is C14H10N2O2. The highest BCUT2D eigenvalue weighted by molar-refractivity contribution is 5.84. The normalized spacial score (nSPS) is 10.7. The first kappa shape index (κ1) is 10.5. The third kappa shape index (κ3) is 1.73. The van der Waals surface area contributed by atoms with Gasteiger partial charge < -0.3 is 10.2 Å². The highest BCUT2D eigenvalue weighted by atomic mass is 16.4. The molecule has 0 bridgehead atoms. The van der Waals surface area contributed by atoms with Crippen LogP contribution < -0.4 is 11.4 Å². The average Bonchev–Trinajstić information content (AvgIpc) is 2.39. The van der Waals surface area contributed by atoms with Crippen LogP contribution >= 0.6 is 0 Å². The van der Waals surface area contributed by atoms with E-state index in [1.807, 2.05) is 0 Å². The maximum Gasteiger partial charge on any atom is 0.344 e. The maximum atomic E-state index is 11.9. The quantitative estimate of drug-likeness (QED) is 0.522. The van der Waals surface area contributed by atoms with E-state index in [1.54, 1.807) is 48.8 Å². The van der Waals surface area contributed by atoms with Gasteiger partial charge in [-0.3, -0.25) is 4.98 Å². The maximum absolute atomic E-state index is 11.9. The van der Waals surface area contributed by atoms with E-state index in [-0.39, 0.29) is 5.63 Å². The van der Waals surface area contributed by atoms with Crippen LogP contribution in [0.3, 0.4) is 0 Å². The summed E-state index contributed by atoms with van der Waals surface area (Å²) in [6, 6.07) is 10.5. The molecule has 2 N–H and O–H groups in total. The molecule has 0 amide bonds. The van der Waals surface area contributed by atoms with E-state index in [4.69, 9.17) is 10.2 Å². The highest BCUT2D eigenvalue weighted by Crippen LogP contribution is 2.21. The Bertz CT molecular complexity index is 764. The molecule has 0 fully saturated rings. The van der Waals surface area contributed by atoms with Crippen LogP contribution in [-0.4, -0.2) is 4.98 Å². The number of aromatic nitrogens is 1.